The summed E-state index contributed by atoms with van der Waals surface area (Å²) in [6, 6.07) is 15.4. The second kappa shape index (κ2) is 8.70. The van der Waals surface area contributed by atoms with E-state index >= 15 is 0 Å². The number of aromatic nitrogens is 2. The molecule has 0 aliphatic heterocycles. The highest BCUT2D eigenvalue weighted by Gasteiger charge is 2.23. The van der Waals surface area contributed by atoms with Gasteiger partial charge in [0.15, 0.2) is 0 Å². The van der Waals surface area contributed by atoms with E-state index in [2.05, 4.69) is 0 Å². The molecule has 2 aromatic carbocycles. The first-order chi connectivity index (χ1) is 15.0. The molecule has 0 spiro atoms. The molecular formula is C24H24FN5O. The van der Waals surface area contributed by atoms with Crippen LogP contribution in [0.1, 0.15) is 36.3 Å². The van der Waals surface area contributed by atoms with E-state index in [0.29, 0.717) is 41.9 Å². The largest absolute Gasteiger partial charge is 0.359 e. The minimum absolute atomic E-state index is 0.0531. The fraction of sp³-hybridized carbons (Fsp3) is 0.292. The van der Waals surface area contributed by atoms with Gasteiger partial charge < -0.3 is 10.6 Å². The monoisotopic (exact) mass is 417 g/mol. The fourth-order valence-corrected chi connectivity index (χ4v) is 3.61. The summed E-state index contributed by atoms with van der Waals surface area (Å²) in [5.41, 5.74) is 7.64. The van der Waals surface area contributed by atoms with Gasteiger partial charge in [0.1, 0.15) is 23.5 Å². The molecular weight excluding hydrogens is 393 g/mol. The van der Waals surface area contributed by atoms with Gasteiger partial charge in [0.25, 0.3) is 5.56 Å². The summed E-state index contributed by atoms with van der Waals surface area (Å²) >= 11 is 0. The predicted molar refractivity (Wildman–Crippen MR) is 119 cm³/mol. The molecule has 1 saturated carbocycles. The molecule has 31 heavy (non-hydrogen) atoms. The lowest BCUT2D eigenvalue weighted by atomic mass is 10.1. The van der Waals surface area contributed by atoms with Gasteiger partial charge in [-0.2, -0.15) is 5.26 Å². The molecule has 1 aliphatic carbocycles. The van der Waals surface area contributed by atoms with Crippen LogP contribution < -0.4 is 16.2 Å². The van der Waals surface area contributed by atoms with Crippen LogP contribution in [0.5, 0.6) is 0 Å². The Morgan fingerprint density at radius 3 is 2.58 bits per heavy atom. The number of nitrogens with two attached hydrogens (primary N) is 1. The lowest BCUT2D eigenvalue weighted by molar-refractivity contribution is 0.624. The summed E-state index contributed by atoms with van der Waals surface area (Å²) < 4.78 is 15.9. The van der Waals surface area contributed by atoms with Gasteiger partial charge in [-0.1, -0.05) is 12.1 Å². The number of hydrogen-bond acceptors (Lipinski definition) is 5. The molecule has 0 bridgehead atoms. The van der Waals surface area contributed by atoms with E-state index in [1.807, 2.05) is 42.3 Å². The summed E-state index contributed by atoms with van der Waals surface area (Å²) in [7, 11) is 1.84. The Morgan fingerprint density at radius 2 is 1.97 bits per heavy atom. The lowest BCUT2D eigenvalue weighted by Gasteiger charge is -2.20. The molecule has 0 amide bonds. The van der Waals surface area contributed by atoms with Crippen molar-refractivity contribution < 1.29 is 4.39 Å². The van der Waals surface area contributed by atoms with Gasteiger partial charge in [0.2, 0.25) is 0 Å². The number of rotatable bonds is 7. The van der Waals surface area contributed by atoms with Gasteiger partial charge in [-0.15, -0.1) is 0 Å². The van der Waals surface area contributed by atoms with Gasteiger partial charge >= 0.3 is 0 Å². The summed E-state index contributed by atoms with van der Waals surface area (Å²) in [6.45, 7) is 1.17. The molecule has 7 heteroatoms. The van der Waals surface area contributed by atoms with E-state index in [-0.39, 0.29) is 11.1 Å². The number of nitrogens with zero attached hydrogens (tertiary/aromatic N) is 4. The van der Waals surface area contributed by atoms with Crippen LogP contribution >= 0.6 is 0 Å². The molecule has 0 radical (unpaired) electrons. The molecule has 4 rings (SSSR count). The predicted octanol–water partition coefficient (Wildman–Crippen LogP) is 3.57. The highest BCUT2D eigenvalue weighted by Crippen LogP contribution is 2.40. The minimum Gasteiger partial charge on any atom is -0.359 e. The number of benzene rings is 2. The zero-order valence-electron chi connectivity index (χ0n) is 17.4. The van der Waals surface area contributed by atoms with Crippen molar-refractivity contribution in [3.05, 3.63) is 75.8 Å². The number of anilines is 1. The SMILES string of the molecule is CN(CCCN)c1cc(=O)n(-c2ccc(C3CC3)cc2)c(-c2ccc(C#N)c(F)c2)n1. The Kier molecular flexibility index (Phi) is 5.83. The molecule has 158 valence electrons. The van der Waals surface area contributed by atoms with Crippen molar-refractivity contribution in [3.8, 4) is 23.1 Å². The van der Waals surface area contributed by atoms with Crippen LogP contribution in [0, 0.1) is 17.1 Å². The van der Waals surface area contributed by atoms with Gasteiger partial charge in [0, 0.05) is 25.2 Å². The van der Waals surface area contributed by atoms with E-state index in [4.69, 9.17) is 16.0 Å². The molecule has 2 N–H and O–H groups in total. The van der Waals surface area contributed by atoms with Crippen LogP contribution in [-0.4, -0.2) is 29.7 Å². The highest BCUT2D eigenvalue weighted by atomic mass is 19.1. The highest BCUT2D eigenvalue weighted by molar-refractivity contribution is 5.62. The molecule has 0 atom stereocenters. The second-order valence-corrected chi connectivity index (χ2v) is 7.85. The topological polar surface area (TPSA) is 87.9 Å². The second-order valence-electron chi connectivity index (χ2n) is 7.85. The van der Waals surface area contributed by atoms with Crippen molar-refractivity contribution in [1.29, 1.82) is 5.26 Å². The Hall–Kier alpha value is -3.50. The Bertz CT molecular complexity index is 1190. The van der Waals surface area contributed by atoms with E-state index in [9.17, 15) is 9.18 Å². The third-order valence-corrected chi connectivity index (χ3v) is 5.54. The van der Waals surface area contributed by atoms with Crippen LogP contribution in [0.3, 0.4) is 0 Å². The Morgan fingerprint density at radius 1 is 1.23 bits per heavy atom. The molecule has 1 aliphatic rings. The molecule has 3 aromatic rings. The maximum absolute atomic E-state index is 14.4. The Labute approximate surface area is 180 Å². The molecule has 1 heterocycles. The first-order valence-electron chi connectivity index (χ1n) is 10.4. The average molecular weight is 417 g/mol. The number of hydrogen-bond donors (Lipinski definition) is 1. The molecule has 1 aromatic heterocycles. The molecule has 6 nitrogen and oxygen atoms in total. The van der Waals surface area contributed by atoms with Crippen molar-refractivity contribution >= 4 is 5.82 Å². The minimum atomic E-state index is -0.647. The zero-order valence-corrected chi connectivity index (χ0v) is 17.4. The van der Waals surface area contributed by atoms with Crippen LogP contribution in [0.15, 0.2) is 53.3 Å². The maximum Gasteiger partial charge on any atom is 0.260 e. The first-order valence-corrected chi connectivity index (χ1v) is 10.4. The fourth-order valence-electron chi connectivity index (χ4n) is 3.61. The van der Waals surface area contributed by atoms with E-state index < -0.39 is 5.82 Å². The van der Waals surface area contributed by atoms with Crippen molar-refractivity contribution in [2.75, 3.05) is 25.0 Å². The average Bonchev–Trinajstić information content (AvgIpc) is 3.62. The van der Waals surface area contributed by atoms with Crippen molar-refractivity contribution in [2.24, 2.45) is 5.73 Å². The molecule has 1 fully saturated rings. The third kappa shape index (κ3) is 4.35. The summed E-state index contributed by atoms with van der Waals surface area (Å²) in [5, 5.41) is 9.05. The smallest absolute Gasteiger partial charge is 0.260 e. The van der Waals surface area contributed by atoms with Crippen molar-refractivity contribution in [3.63, 3.8) is 0 Å². The zero-order chi connectivity index (χ0) is 22.0. The van der Waals surface area contributed by atoms with E-state index in [0.717, 1.165) is 6.42 Å². The Balaban J connectivity index is 1.85. The van der Waals surface area contributed by atoms with E-state index in [1.54, 1.807) is 6.07 Å². The quantitative estimate of drug-likeness (QED) is 0.635. The van der Waals surface area contributed by atoms with Crippen molar-refractivity contribution in [1.82, 2.24) is 9.55 Å². The van der Waals surface area contributed by atoms with Crippen molar-refractivity contribution in [2.45, 2.75) is 25.2 Å². The maximum atomic E-state index is 14.4. The van der Waals surface area contributed by atoms with Gasteiger partial charge in [-0.3, -0.25) is 9.36 Å². The normalized spacial score (nSPS) is 13.1. The van der Waals surface area contributed by atoms with Gasteiger partial charge in [-0.25, -0.2) is 9.37 Å². The molecule has 0 unspecified atom stereocenters. The number of nitriles is 1. The van der Waals surface area contributed by atoms with Crippen LogP contribution in [-0.2, 0) is 0 Å². The number of halogens is 1. The summed E-state index contributed by atoms with van der Waals surface area (Å²) in [5.74, 6) is 0.773. The van der Waals surface area contributed by atoms with E-state index in [1.165, 1.54) is 41.2 Å². The van der Waals surface area contributed by atoms with Crippen LogP contribution in [0.2, 0.25) is 0 Å². The van der Waals surface area contributed by atoms with Gasteiger partial charge in [0.05, 0.1) is 11.3 Å². The standard InChI is InChI=1S/C24H24FN5O/c1-29(12-2-11-26)22-14-23(31)30(20-9-7-17(8-10-20)16-3-4-16)24(28-22)18-5-6-19(15-27)21(25)13-18/h5-10,13-14,16H,2-4,11-12,26H2,1H3. The third-order valence-electron chi connectivity index (χ3n) is 5.54. The molecule has 0 saturated heterocycles. The van der Waals surface area contributed by atoms with Gasteiger partial charge in [-0.05, 0) is 67.6 Å². The van der Waals surface area contributed by atoms with Crippen LogP contribution in [0.4, 0.5) is 10.2 Å². The van der Waals surface area contributed by atoms with Crippen LogP contribution in [0.25, 0.3) is 17.1 Å². The summed E-state index contributed by atoms with van der Waals surface area (Å²) in [6.07, 6.45) is 3.14. The first kappa shape index (κ1) is 20.8. The summed E-state index contributed by atoms with van der Waals surface area (Å²) in [4.78, 5) is 19.7. The lowest BCUT2D eigenvalue weighted by Crippen LogP contribution is -2.27.